The van der Waals surface area contributed by atoms with Crippen molar-refractivity contribution in [1.82, 2.24) is 4.90 Å². The predicted molar refractivity (Wildman–Crippen MR) is 122 cm³/mol. The summed E-state index contributed by atoms with van der Waals surface area (Å²) in [6.07, 6.45) is 4.24. The van der Waals surface area contributed by atoms with Crippen molar-refractivity contribution in [3.63, 3.8) is 0 Å². The first-order chi connectivity index (χ1) is 14.8. The van der Waals surface area contributed by atoms with Gasteiger partial charge in [-0.2, -0.15) is 0 Å². The molecule has 7 heteroatoms. The van der Waals surface area contributed by atoms with E-state index in [1.165, 1.54) is 5.56 Å². The van der Waals surface area contributed by atoms with Crippen LogP contribution in [0, 0.1) is 0 Å². The molecule has 0 aliphatic carbocycles. The standard InChI is InChI=1S/C24H30N2O4S/c1-24(12-6-5-9-19-7-3-2-4-8-19)18-30-22-11-10-20(17-21(22)25-24)23(27)26-13-15-31(28,29)16-14-26/h2-4,7-8,10-11,17,25H,5-6,9,12-16,18H2,1H3. The number of aryl methyl sites for hydroxylation is 1. The number of rotatable bonds is 6. The monoisotopic (exact) mass is 442 g/mol. The summed E-state index contributed by atoms with van der Waals surface area (Å²) in [6.45, 7) is 3.24. The van der Waals surface area contributed by atoms with Crippen LogP contribution in [0.3, 0.4) is 0 Å². The van der Waals surface area contributed by atoms with Crippen molar-refractivity contribution in [1.29, 1.82) is 0 Å². The van der Waals surface area contributed by atoms with E-state index in [2.05, 4.69) is 36.5 Å². The van der Waals surface area contributed by atoms with Crippen molar-refractivity contribution in [3.05, 3.63) is 59.7 Å². The number of anilines is 1. The molecule has 6 nitrogen and oxygen atoms in total. The first-order valence-corrected chi connectivity index (χ1v) is 12.7. The average molecular weight is 443 g/mol. The average Bonchev–Trinajstić information content (AvgIpc) is 2.76. The summed E-state index contributed by atoms with van der Waals surface area (Å²) >= 11 is 0. The molecule has 0 radical (unpaired) electrons. The number of sulfone groups is 1. The van der Waals surface area contributed by atoms with Gasteiger partial charge in [0.05, 0.1) is 34.5 Å². The van der Waals surface area contributed by atoms with E-state index in [0.717, 1.165) is 37.1 Å². The highest BCUT2D eigenvalue weighted by Gasteiger charge is 2.32. The van der Waals surface area contributed by atoms with Crippen LogP contribution in [0.5, 0.6) is 5.75 Å². The number of amides is 1. The molecule has 0 bridgehead atoms. The van der Waals surface area contributed by atoms with Crippen molar-refractivity contribution < 1.29 is 18.3 Å². The van der Waals surface area contributed by atoms with Gasteiger partial charge in [0, 0.05) is 5.56 Å². The maximum atomic E-state index is 12.9. The summed E-state index contributed by atoms with van der Waals surface area (Å²) in [6, 6.07) is 15.9. The lowest BCUT2D eigenvalue weighted by molar-refractivity contribution is 0.0768. The normalized spacial score (nSPS) is 22.2. The third kappa shape index (κ3) is 5.46. The van der Waals surface area contributed by atoms with E-state index in [1.807, 2.05) is 18.2 Å². The molecule has 0 saturated carbocycles. The Labute approximate surface area is 185 Å². The fraction of sp³-hybridized carbons (Fsp3) is 0.458. The Balaban J connectivity index is 1.35. The van der Waals surface area contributed by atoms with Crippen LogP contribution in [0.25, 0.3) is 0 Å². The summed E-state index contributed by atoms with van der Waals surface area (Å²) in [7, 11) is -3.02. The topological polar surface area (TPSA) is 81.7 Å². The number of unbranched alkanes of at least 4 members (excludes halogenated alkanes) is 1. The Kier molecular flexibility index (Phi) is 6.34. The number of carbonyl (C=O) groups excluding carboxylic acids is 1. The van der Waals surface area contributed by atoms with Crippen LogP contribution >= 0.6 is 0 Å². The summed E-state index contributed by atoms with van der Waals surface area (Å²) < 4.78 is 29.3. The molecule has 1 atom stereocenters. The van der Waals surface area contributed by atoms with Crippen LogP contribution in [0.4, 0.5) is 5.69 Å². The number of nitrogens with zero attached hydrogens (tertiary/aromatic N) is 1. The van der Waals surface area contributed by atoms with E-state index in [0.29, 0.717) is 12.2 Å². The Bertz CT molecular complexity index is 969. The summed E-state index contributed by atoms with van der Waals surface area (Å²) in [5, 5.41) is 3.59. The zero-order chi connectivity index (χ0) is 21.9. The van der Waals surface area contributed by atoms with Gasteiger partial charge in [0.15, 0.2) is 0 Å². The second kappa shape index (κ2) is 9.01. The van der Waals surface area contributed by atoms with Gasteiger partial charge in [-0.1, -0.05) is 36.8 Å². The van der Waals surface area contributed by atoms with Gasteiger partial charge < -0.3 is 19.5 Å². The molecule has 0 spiro atoms. The molecular formula is C24H30N2O4S. The number of carbonyl (C=O) groups is 1. The lowest BCUT2D eigenvalue weighted by Gasteiger charge is -2.37. The maximum absolute atomic E-state index is 12.9. The predicted octanol–water partition coefficient (Wildman–Crippen LogP) is 3.75. The fourth-order valence-electron chi connectivity index (χ4n) is 4.21. The van der Waals surface area contributed by atoms with E-state index < -0.39 is 10.2 Å². The molecule has 4 rings (SSSR count). The smallest absolute Gasteiger partial charge is 0.254 e. The number of fused-ring (bicyclic) bond motifs is 1. The first kappa shape index (κ1) is 21.8. The van der Waals surface area contributed by atoms with E-state index in [-0.39, 0.29) is 36.0 Å². The summed E-state index contributed by atoms with van der Waals surface area (Å²) in [5.41, 5.74) is 2.55. The Morgan fingerprint density at radius 3 is 2.65 bits per heavy atom. The Morgan fingerprint density at radius 2 is 1.90 bits per heavy atom. The molecule has 31 heavy (non-hydrogen) atoms. The van der Waals surface area contributed by atoms with E-state index >= 15 is 0 Å². The summed E-state index contributed by atoms with van der Waals surface area (Å²) in [5.74, 6) is 0.687. The highest BCUT2D eigenvalue weighted by atomic mass is 32.3. The van der Waals surface area contributed by atoms with Gasteiger partial charge in [0.1, 0.15) is 23.9 Å². The van der Waals surface area contributed by atoms with E-state index in [1.54, 1.807) is 11.0 Å². The van der Waals surface area contributed by atoms with Gasteiger partial charge >= 0.3 is 0 Å². The molecule has 2 aliphatic rings. The molecule has 2 aliphatic heterocycles. The molecule has 166 valence electrons. The van der Waals surface area contributed by atoms with Crippen LogP contribution in [0.2, 0.25) is 0 Å². The molecule has 1 N–H and O–H groups in total. The molecule has 0 aromatic heterocycles. The van der Waals surface area contributed by atoms with Crippen LogP contribution in [0.15, 0.2) is 48.5 Å². The van der Waals surface area contributed by atoms with Crippen molar-refractivity contribution in [3.8, 4) is 5.75 Å². The minimum absolute atomic E-state index is 0.0338. The van der Waals surface area contributed by atoms with Crippen molar-refractivity contribution in [2.45, 2.75) is 38.1 Å². The van der Waals surface area contributed by atoms with Gasteiger partial charge in [0.25, 0.3) is 5.91 Å². The Morgan fingerprint density at radius 1 is 1.16 bits per heavy atom. The maximum Gasteiger partial charge on any atom is 0.254 e. The molecule has 1 fully saturated rings. The number of benzene rings is 2. The molecule has 1 amide bonds. The van der Waals surface area contributed by atoms with Gasteiger partial charge in [-0.05, 0) is 49.9 Å². The minimum Gasteiger partial charge on any atom is -0.615 e. The van der Waals surface area contributed by atoms with Gasteiger partial charge in [-0.3, -0.25) is 4.79 Å². The quantitative estimate of drug-likeness (QED) is 0.544. The highest BCUT2D eigenvalue weighted by molar-refractivity contribution is 7.97. The lowest BCUT2D eigenvalue weighted by atomic mass is 9.92. The highest BCUT2D eigenvalue weighted by Crippen LogP contribution is 2.35. The molecule has 2 heterocycles. The number of nitrogens with one attached hydrogen (secondary N) is 1. The third-order valence-electron chi connectivity index (χ3n) is 6.13. The zero-order valence-electron chi connectivity index (χ0n) is 18.0. The van der Waals surface area contributed by atoms with Gasteiger partial charge in [-0.15, -0.1) is 4.21 Å². The summed E-state index contributed by atoms with van der Waals surface area (Å²) in [4.78, 5) is 14.5. The molecule has 2 aromatic rings. The second-order valence-corrected chi connectivity index (χ2v) is 11.1. The van der Waals surface area contributed by atoms with Crippen LogP contribution in [-0.4, -0.2) is 52.1 Å². The van der Waals surface area contributed by atoms with E-state index in [9.17, 15) is 13.6 Å². The molecule has 1 saturated heterocycles. The first-order valence-electron chi connectivity index (χ1n) is 10.9. The third-order valence-corrected chi connectivity index (χ3v) is 7.74. The Hall–Kier alpha value is -2.38. The second-order valence-electron chi connectivity index (χ2n) is 8.82. The molecular weight excluding hydrogens is 412 g/mol. The van der Waals surface area contributed by atoms with Crippen molar-refractivity contribution >= 4 is 21.8 Å². The van der Waals surface area contributed by atoms with Crippen molar-refractivity contribution in [2.75, 3.05) is 36.5 Å². The van der Waals surface area contributed by atoms with Gasteiger partial charge in [-0.25, -0.2) is 0 Å². The number of ether oxygens (including phenoxy) is 1. The lowest BCUT2D eigenvalue weighted by Crippen LogP contribution is -2.46. The van der Waals surface area contributed by atoms with Crippen LogP contribution in [-0.2, 0) is 20.8 Å². The largest absolute Gasteiger partial charge is 0.615 e. The van der Waals surface area contributed by atoms with Crippen molar-refractivity contribution in [2.24, 2.45) is 0 Å². The van der Waals surface area contributed by atoms with Crippen LogP contribution in [0.1, 0.15) is 42.1 Å². The number of hydrogen-bond acceptors (Lipinski definition) is 5. The fourth-order valence-corrected chi connectivity index (χ4v) is 5.41. The molecule has 1 unspecified atom stereocenters. The van der Waals surface area contributed by atoms with E-state index in [4.69, 9.17) is 4.74 Å². The SMILES string of the molecule is CC1(CCCCc2ccccc2)COc2ccc(C(=O)N3CC[S+](=O)([O-])CC3)cc2N1. The van der Waals surface area contributed by atoms with Gasteiger partial charge in [0.2, 0.25) is 0 Å². The van der Waals surface area contributed by atoms with Crippen LogP contribution < -0.4 is 10.1 Å². The number of hydrogen-bond donors (Lipinski definition) is 1. The zero-order valence-corrected chi connectivity index (χ0v) is 18.8. The molecule has 2 aromatic carbocycles. The minimum atomic E-state index is -3.02.